The summed E-state index contributed by atoms with van der Waals surface area (Å²) in [5, 5.41) is 2.94. The van der Waals surface area contributed by atoms with Gasteiger partial charge in [-0.3, -0.25) is 4.79 Å². The number of pyridine rings is 1. The van der Waals surface area contributed by atoms with Crippen molar-refractivity contribution < 1.29 is 4.79 Å². The first-order valence-corrected chi connectivity index (χ1v) is 11.3. The Morgan fingerprint density at radius 3 is 2.67 bits per heavy atom. The number of para-hydroxylation sites is 1. The first-order valence-electron chi connectivity index (χ1n) is 9.53. The molecule has 0 aliphatic carbocycles. The number of carbonyl (C=O) groups excluding carboxylic acids is 1. The lowest BCUT2D eigenvalue weighted by Gasteiger charge is -2.05. The first kappa shape index (κ1) is 18.8. The highest BCUT2D eigenvalue weighted by Crippen LogP contribution is 2.31. The monoisotopic (exact) mass is 430 g/mol. The van der Waals surface area contributed by atoms with Crippen molar-refractivity contribution in [2.45, 2.75) is 16.6 Å². The van der Waals surface area contributed by atoms with E-state index in [0.29, 0.717) is 12.1 Å². The van der Waals surface area contributed by atoms with E-state index >= 15 is 0 Å². The van der Waals surface area contributed by atoms with E-state index in [1.54, 1.807) is 23.1 Å². The highest BCUT2D eigenvalue weighted by atomic mass is 32.2. The quantitative estimate of drug-likeness (QED) is 0.378. The standard InChI is InChI=1S/C23H18N4OS2/c28-22(24-13-18-14-27-12-4-3-7-21(27)25-18)17-10-8-16(9-11-17)15-29-23-26-19-5-1-2-6-20(19)30-23/h1-12,14H,13,15H2,(H,24,28). The van der Waals surface area contributed by atoms with Crippen LogP contribution in [0.4, 0.5) is 0 Å². The maximum Gasteiger partial charge on any atom is 0.251 e. The van der Waals surface area contributed by atoms with Gasteiger partial charge < -0.3 is 9.72 Å². The number of nitrogens with zero attached hydrogens (tertiary/aromatic N) is 3. The predicted octanol–water partition coefficient (Wildman–Crippen LogP) is 5.17. The number of amides is 1. The molecule has 0 bridgehead atoms. The van der Waals surface area contributed by atoms with E-state index in [9.17, 15) is 4.79 Å². The van der Waals surface area contributed by atoms with Crippen LogP contribution in [-0.2, 0) is 12.3 Å². The molecule has 5 nitrogen and oxygen atoms in total. The molecule has 0 aliphatic heterocycles. The second kappa shape index (κ2) is 8.30. The van der Waals surface area contributed by atoms with Crippen molar-refractivity contribution in [2.24, 2.45) is 0 Å². The van der Waals surface area contributed by atoms with Gasteiger partial charge in [0.1, 0.15) is 5.65 Å². The summed E-state index contributed by atoms with van der Waals surface area (Å²) >= 11 is 3.43. The van der Waals surface area contributed by atoms with Crippen molar-refractivity contribution in [3.63, 3.8) is 0 Å². The van der Waals surface area contributed by atoms with Crippen LogP contribution < -0.4 is 5.32 Å². The van der Waals surface area contributed by atoms with Gasteiger partial charge in [0, 0.05) is 23.7 Å². The molecule has 30 heavy (non-hydrogen) atoms. The smallest absolute Gasteiger partial charge is 0.251 e. The van der Waals surface area contributed by atoms with Crippen LogP contribution in [0.3, 0.4) is 0 Å². The Kier molecular flexibility index (Phi) is 5.21. The highest BCUT2D eigenvalue weighted by molar-refractivity contribution is 8.00. The zero-order valence-corrected chi connectivity index (χ0v) is 17.6. The van der Waals surface area contributed by atoms with Crippen LogP contribution in [0.25, 0.3) is 15.9 Å². The fourth-order valence-corrected chi connectivity index (χ4v) is 5.18. The largest absolute Gasteiger partial charge is 0.346 e. The van der Waals surface area contributed by atoms with Gasteiger partial charge in [0.15, 0.2) is 4.34 Å². The summed E-state index contributed by atoms with van der Waals surface area (Å²) in [4.78, 5) is 21.6. The third kappa shape index (κ3) is 4.08. The number of carbonyl (C=O) groups is 1. The van der Waals surface area contributed by atoms with E-state index < -0.39 is 0 Å². The fourth-order valence-electron chi connectivity index (χ4n) is 3.16. The van der Waals surface area contributed by atoms with Crippen molar-refractivity contribution in [1.29, 1.82) is 0 Å². The average Bonchev–Trinajstić information content (AvgIpc) is 3.39. The second-order valence-electron chi connectivity index (χ2n) is 6.81. The van der Waals surface area contributed by atoms with Gasteiger partial charge >= 0.3 is 0 Å². The minimum absolute atomic E-state index is 0.0996. The Morgan fingerprint density at radius 1 is 1.00 bits per heavy atom. The lowest BCUT2D eigenvalue weighted by Crippen LogP contribution is -2.22. The van der Waals surface area contributed by atoms with Gasteiger partial charge in [-0.15, -0.1) is 11.3 Å². The number of rotatable bonds is 6. The summed E-state index contributed by atoms with van der Waals surface area (Å²) in [5.41, 5.74) is 4.56. The molecule has 2 aromatic carbocycles. The Bertz CT molecular complexity index is 1260. The SMILES string of the molecule is O=C(NCc1cn2ccccc2n1)c1ccc(CSc2nc3ccccc3s2)cc1. The maximum absolute atomic E-state index is 12.5. The summed E-state index contributed by atoms with van der Waals surface area (Å²) in [6.45, 7) is 0.399. The molecule has 0 unspecified atom stereocenters. The van der Waals surface area contributed by atoms with Crippen LogP contribution in [0.1, 0.15) is 21.6 Å². The zero-order chi connectivity index (χ0) is 20.3. The van der Waals surface area contributed by atoms with Crippen LogP contribution in [0.5, 0.6) is 0 Å². The molecule has 148 valence electrons. The normalized spacial score (nSPS) is 11.2. The predicted molar refractivity (Wildman–Crippen MR) is 122 cm³/mol. The van der Waals surface area contributed by atoms with Crippen LogP contribution in [0, 0.1) is 0 Å². The molecule has 3 aromatic heterocycles. The molecule has 0 spiro atoms. The number of nitrogens with one attached hydrogen (secondary N) is 1. The molecule has 5 rings (SSSR count). The Hall–Kier alpha value is -3.16. The number of aromatic nitrogens is 3. The number of hydrogen-bond donors (Lipinski definition) is 1. The molecule has 1 amide bonds. The second-order valence-corrected chi connectivity index (χ2v) is 9.07. The third-order valence-corrected chi connectivity index (χ3v) is 6.95. The van der Waals surface area contributed by atoms with Gasteiger partial charge in [0.2, 0.25) is 0 Å². The van der Waals surface area contributed by atoms with Gasteiger partial charge in [-0.05, 0) is 42.0 Å². The van der Waals surface area contributed by atoms with Crippen molar-refractivity contribution in [2.75, 3.05) is 0 Å². The van der Waals surface area contributed by atoms with Gasteiger partial charge in [-0.1, -0.05) is 42.1 Å². The van der Waals surface area contributed by atoms with Crippen molar-refractivity contribution in [3.05, 3.63) is 95.9 Å². The van der Waals surface area contributed by atoms with Crippen LogP contribution in [0.15, 0.2) is 83.5 Å². The molecule has 0 fully saturated rings. The number of hydrogen-bond acceptors (Lipinski definition) is 5. The lowest BCUT2D eigenvalue weighted by molar-refractivity contribution is 0.0950. The van der Waals surface area contributed by atoms with E-state index in [0.717, 1.165) is 32.5 Å². The van der Waals surface area contributed by atoms with Gasteiger partial charge in [0.25, 0.3) is 5.91 Å². The van der Waals surface area contributed by atoms with Crippen LogP contribution in [-0.4, -0.2) is 20.3 Å². The molecule has 0 saturated heterocycles. The van der Waals surface area contributed by atoms with Crippen LogP contribution in [0.2, 0.25) is 0 Å². The summed E-state index contributed by atoms with van der Waals surface area (Å²) in [7, 11) is 0. The van der Waals surface area contributed by atoms with E-state index in [2.05, 4.69) is 21.4 Å². The van der Waals surface area contributed by atoms with E-state index in [1.807, 2.05) is 77.5 Å². The molecular formula is C23H18N4OS2. The third-order valence-electron chi connectivity index (χ3n) is 4.70. The molecule has 0 saturated carbocycles. The molecular weight excluding hydrogens is 412 g/mol. The minimum atomic E-state index is -0.0996. The number of thioether (sulfide) groups is 1. The van der Waals surface area contributed by atoms with E-state index in [1.165, 1.54) is 4.70 Å². The average molecular weight is 431 g/mol. The summed E-state index contributed by atoms with van der Waals surface area (Å²) in [6.07, 6.45) is 3.87. The lowest BCUT2D eigenvalue weighted by atomic mass is 10.1. The molecule has 7 heteroatoms. The molecule has 0 radical (unpaired) electrons. The molecule has 3 heterocycles. The Morgan fingerprint density at radius 2 is 1.83 bits per heavy atom. The Balaban J connectivity index is 1.18. The number of imidazole rings is 1. The number of thiazole rings is 1. The van der Waals surface area contributed by atoms with E-state index in [4.69, 9.17) is 0 Å². The van der Waals surface area contributed by atoms with Crippen molar-refractivity contribution in [3.8, 4) is 0 Å². The first-order chi connectivity index (χ1) is 14.7. The summed E-state index contributed by atoms with van der Waals surface area (Å²) in [5.74, 6) is 0.723. The van der Waals surface area contributed by atoms with Gasteiger partial charge in [0.05, 0.1) is 22.5 Å². The number of benzene rings is 2. The van der Waals surface area contributed by atoms with Crippen LogP contribution >= 0.6 is 23.1 Å². The summed E-state index contributed by atoms with van der Waals surface area (Å²) < 4.78 is 4.21. The van der Waals surface area contributed by atoms with Crippen molar-refractivity contribution in [1.82, 2.24) is 19.7 Å². The fraction of sp³-hybridized carbons (Fsp3) is 0.0870. The highest BCUT2D eigenvalue weighted by Gasteiger charge is 2.08. The topological polar surface area (TPSA) is 59.3 Å². The maximum atomic E-state index is 12.5. The van der Waals surface area contributed by atoms with Gasteiger partial charge in [-0.25, -0.2) is 9.97 Å². The Labute approximate surface area is 181 Å². The molecule has 0 aliphatic rings. The molecule has 0 atom stereocenters. The summed E-state index contributed by atoms with van der Waals surface area (Å²) in [6, 6.07) is 21.8. The molecule has 1 N–H and O–H groups in total. The number of fused-ring (bicyclic) bond motifs is 2. The van der Waals surface area contributed by atoms with Gasteiger partial charge in [-0.2, -0.15) is 0 Å². The van der Waals surface area contributed by atoms with E-state index in [-0.39, 0.29) is 5.91 Å². The zero-order valence-electron chi connectivity index (χ0n) is 16.0. The minimum Gasteiger partial charge on any atom is -0.346 e. The molecule has 5 aromatic rings. The van der Waals surface area contributed by atoms with Crippen molar-refractivity contribution >= 4 is 44.9 Å².